The molecule has 0 saturated heterocycles. The van der Waals surface area contributed by atoms with Crippen LogP contribution in [0.25, 0.3) is 0 Å². The van der Waals surface area contributed by atoms with Crippen LogP contribution in [0, 0.1) is 0 Å². The summed E-state index contributed by atoms with van der Waals surface area (Å²) in [5, 5.41) is 45.4. The number of nitrogens with zero attached hydrogens (tertiary/aromatic N) is 1. The maximum Gasteiger partial charge on any atom is 0.259 e. The van der Waals surface area contributed by atoms with E-state index in [1.165, 1.54) is 6.92 Å². The van der Waals surface area contributed by atoms with E-state index in [4.69, 9.17) is 25.6 Å². The van der Waals surface area contributed by atoms with E-state index in [9.17, 15) is 0 Å². The molecule has 0 radical (unpaired) electrons. The smallest absolute Gasteiger partial charge is 0.259 e. The second kappa shape index (κ2) is 3.14. The first-order chi connectivity index (χ1) is 4.87. The van der Waals surface area contributed by atoms with Gasteiger partial charge in [-0.1, -0.05) is 12.1 Å². The van der Waals surface area contributed by atoms with Gasteiger partial charge in [-0.3, -0.25) is 0 Å². The molecule has 0 aliphatic carbocycles. The average Bonchev–Trinajstić information content (AvgIpc) is 1.87. The van der Waals surface area contributed by atoms with Crippen molar-refractivity contribution in [3.63, 3.8) is 0 Å². The Balaban J connectivity index is 4.52. The first-order valence-electron chi connectivity index (χ1n) is 2.95. The molecule has 0 saturated carbocycles. The van der Waals surface area contributed by atoms with E-state index in [1.54, 1.807) is 0 Å². The third kappa shape index (κ3) is 2.12. The minimum Gasteiger partial charge on any atom is -0.411 e. The molecule has 0 atom stereocenters. The number of rotatable bonds is 3. The minimum atomic E-state index is -2.93. The van der Waals surface area contributed by atoms with Gasteiger partial charge in [0.15, 0.2) is 0 Å². The largest absolute Gasteiger partial charge is 0.411 e. The quantitative estimate of drug-likeness (QED) is 0.147. The molecule has 0 aromatic heterocycles. The average molecular weight is 165 g/mol. The van der Waals surface area contributed by atoms with Gasteiger partial charge in [0.2, 0.25) is 5.79 Å². The van der Waals surface area contributed by atoms with Crippen molar-refractivity contribution in [3.8, 4) is 0 Å². The second-order valence-electron chi connectivity index (χ2n) is 2.14. The van der Waals surface area contributed by atoms with E-state index in [0.29, 0.717) is 0 Å². The highest BCUT2D eigenvalue weighted by Crippen LogP contribution is 2.18. The minimum absolute atomic E-state index is 0.219. The predicted molar refractivity (Wildman–Crippen MR) is 34.9 cm³/mol. The van der Waals surface area contributed by atoms with Crippen molar-refractivity contribution >= 4 is 6.21 Å². The summed E-state index contributed by atoms with van der Waals surface area (Å²) in [6.07, 6.45) is -0.0947. The lowest BCUT2D eigenvalue weighted by Gasteiger charge is -2.30. The Morgan fingerprint density at radius 3 is 2.00 bits per heavy atom. The van der Waals surface area contributed by atoms with Crippen LogP contribution in [0.3, 0.4) is 0 Å². The van der Waals surface area contributed by atoms with Crippen LogP contribution in [-0.2, 0) is 0 Å². The lowest BCUT2D eigenvalue weighted by molar-refractivity contribution is -0.321. The van der Waals surface area contributed by atoms with E-state index in [-0.39, 0.29) is 12.6 Å². The van der Waals surface area contributed by atoms with Gasteiger partial charge >= 0.3 is 0 Å². The van der Waals surface area contributed by atoms with E-state index >= 15 is 0 Å². The SMILES string of the molecule is CCC(O)(O)C(O)(O)C=NO. The highest BCUT2D eigenvalue weighted by Gasteiger charge is 2.44. The molecule has 0 rings (SSSR count). The van der Waals surface area contributed by atoms with Gasteiger partial charge in [0.1, 0.15) is 6.21 Å². The van der Waals surface area contributed by atoms with Gasteiger partial charge in [0.25, 0.3) is 5.79 Å². The summed E-state index contributed by atoms with van der Waals surface area (Å²) in [7, 11) is 0. The van der Waals surface area contributed by atoms with Crippen molar-refractivity contribution in [1.82, 2.24) is 0 Å². The van der Waals surface area contributed by atoms with Crippen molar-refractivity contribution in [2.75, 3.05) is 0 Å². The first-order valence-corrected chi connectivity index (χ1v) is 2.95. The Kier molecular flexibility index (Phi) is 2.94. The molecule has 0 aromatic rings. The van der Waals surface area contributed by atoms with Crippen molar-refractivity contribution < 1.29 is 25.6 Å². The summed E-state index contributed by atoms with van der Waals surface area (Å²) >= 11 is 0. The maximum atomic E-state index is 8.84. The summed E-state index contributed by atoms with van der Waals surface area (Å²) in [5.41, 5.74) is 0. The van der Waals surface area contributed by atoms with Crippen LogP contribution in [0.4, 0.5) is 0 Å². The van der Waals surface area contributed by atoms with Crippen molar-refractivity contribution in [2.24, 2.45) is 5.16 Å². The molecule has 0 fully saturated rings. The zero-order valence-electron chi connectivity index (χ0n) is 5.97. The second-order valence-corrected chi connectivity index (χ2v) is 2.14. The zero-order chi connectivity index (χ0) is 9.12. The van der Waals surface area contributed by atoms with E-state index < -0.39 is 11.6 Å². The summed E-state index contributed by atoms with van der Waals surface area (Å²) in [4.78, 5) is 0. The Morgan fingerprint density at radius 2 is 1.73 bits per heavy atom. The Hall–Kier alpha value is -0.690. The third-order valence-electron chi connectivity index (χ3n) is 1.32. The molecule has 6 nitrogen and oxygen atoms in total. The molecule has 0 aliphatic heterocycles. The topological polar surface area (TPSA) is 114 Å². The zero-order valence-corrected chi connectivity index (χ0v) is 5.97. The van der Waals surface area contributed by atoms with Gasteiger partial charge in [0.05, 0.1) is 0 Å². The molecule has 0 amide bonds. The van der Waals surface area contributed by atoms with Crippen molar-refractivity contribution in [2.45, 2.75) is 24.9 Å². The van der Waals surface area contributed by atoms with Crippen molar-refractivity contribution in [3.05, 3.63) is 0 Å². The number of oxime groups is 1. The fraction of sp³-hybridized carbons (Fsp3) is 0.800. The third-order valence-corrected chi connectivity index (χ3v) is 1.32. The highest BCUT2D eigenvalue weighted by atomic mass is 16.6. The van der Waals surface area contributed by atoms with Crippen LogP contribution >= 0.6 is 0 Å². The fourth-order valence-corrected chi connectivity index (χ4v) is 0.444. The Bertz CT molecular complexity index is 153. The lowest BCUT2D eigenvalue weighted by atomic mass is 10.1. The van der Waals surface area contributed by atoms with E-state index in [2.05, 4.69) is 5.16 Å². The van der Waals surface area contributed by atoms with Gasteiger partial charge in [-0.15, -0.1) is 0 Å². The lowest BCUT2D eigenvalue weighted by Crippen LogP contribution is -2.55. The summed E-state index contributed by atoms with van der Waals surface area (Å²) in [5.74, 6) is -5.64. The highest BCUT2D eigenvalue weighted by molar-refractivity contribution is 5.66. The van der Waals surface area contributed by atoms with Gasteiger partial charge in [0, 0.05) is 6.42 Å². The molecule has 0 aliphatic rings. The molecule has 5 N–H and O–H groups in total. The molecule has 0 aromatic carbocycles. The van der Waals surface area contributed by atoms with E-state index in [0.717, 1.165) is 0 Å². The predicted octanol–water partition coefficient (Wildman–Crippen LogP) is -1.78. The monoisotopic (exact) mass is 165 g/mol. The summed E-state index contributed by atoms with van der Waals surface area (Å²) < 4.78 is 0. The van der Waals surface area contributed by atoms with Gasteiger partial charge in [-0.05, 0) is 0 Å². The number of aliphatic hydroxyl groups is 4. The molecular formula is C5H11NO5. The van der Waals surface area contributed by atoms with Crippen LogP contribution in [0.2, 0.25) is 0 Å². The molecule has 0 spiro atoms. The van der Waals surface area contributed by atoms with Gasteiger partial charge in [-0.2, -0.15) is 0 Å². The fourth-order valence-electron chi connectivity index (χ4n) is 0.444. The molecule has 66 valence electrons. The first kappa shape index (κ1) is 10.3. The van der Waals surface area contributed by atoms with Crippen LogP contribution in [0.15, 0.2) is 5.16 Å². The standard InChI is InChI=1S/C5H11NO5/c1-2-4(7,8)5(9,10)3-6-11/h3,7-11H,2H2,1H3. The molecule has 0 heterocycles. The molecule has 0 unspecified atom stereocenters. The molecule has 0 bridgehead atoms. The molecule has 6 heteroatoms. The summed E-state index contributed by atoms with van der Waals surface area (Å²) in [6.45, 7) is 1.33. The van der Waals surface area contributed by atoms with Gasteiger partial charge < -0.3 is 25.6 Å². The Morgan fingerprint density at radius 1 is 1.27 bits per heavy atom. The normalized spacial score (nSPS) is 14.3. The van der Waals surface area contributed by atoms with Crippen LogP contribution in [0.5, 0.6) is 0 Å². The summed E-state index contributed by atoms with van der Waals surface area (Å²) in [6, 6.07) is 0. The van der Waals surface area contributed by atoms with Crippen molar-refractivity contribution in [1.29, 1.82) is 0 Å². The van der Waals surface area contributed by atoms with E-state index in [1.807, 2.05) is 0 Å². The maximum absolute atomic E-state index is 8.84. The van der Waals surface area contributed by atoms with Crippen LogP contribution in [0.1, 0.15) is 13.3 Å². The molecular weight excluding hydrogens is 154 g/mol. The van der Waals surface area contributed by atoms with Crippen LogP contribution < -0.4 is 0 Å². The molecule has 11 heavy (non-hydrogen) atoms. The number of hydrogen-bond donors (Lipinski definition) is 5. The van der Waals surface area contributed by atoms with Crippen LogP contribution in [-0.4, -0.2) is 43.4 Å². The number of hydrogen-bond acceptors (Lipinski definition) is 6. The Labute approximate surface area is 63.0 Å². The van der Waals surface area contributed by atoms with Gasteiger partial charge in [-0.25, -0.2) is 0 Å².